The van der Waals surface area contributed by atoms with Gasteiger partial charge in [-0.25, -0.2) is 0 Å². The highest BCUT2D eigenvalue weighted by Gasteiger charge is 2.46. The quantitative estimate of drug-likeness (QED) is 0.753. The molecule has 2 unspecified atom stereocenters. The Bertz CT molecular complexity index is 588. The number of alkyl halides is 3. The number of rotatable bonds is 7. The number of aliphatic carboxylic acids is 1. The molecule has 1 aromatic rings. The van der Waals surface area contributed by atoms with Crippen LogP contribution in [0, 0.1) is 5.92 Å². The van der Waals surface area contributed by atoms with Gasteiger partial charge in [0.25, 0.3) is 0 Å². The Morgan fingerprint density at radius 2 is 2.00 bits per heavy atom. The number of carbonyl (C=O) groups is 2. The van der Waals surface area contributed by atoms with Crippen molar-refractivity contribution >= 4 is 11.9 Å². The van der Waals surface area contributed by atoms with Crippen LogP contribution in [-0.4, -0.2) is 29.9 Å². The van der Waals surface area contributed by atoms with Crippen molar-refractivity contribution in [3.8, 4) is 5.75 Å². The van der Waals surface area contributed by atoms with Crippen LogP contribution in [-0.2, 0) is 9.59 Å². The van der Waals surface area contributed by atoms with Gasteiger partial charge in [-0.15, -0.1) is 13.2 Å². The van der Waals surface area contributed by atoms with E-state index in [1.807, 2.05) is 0 Å². The number of carbonyl (C=O) groups excluding carboxylic acids is 1. The van der Waals surface area contributed by atoms with Crippen molar-refractivity contribution in [3.05, 3.63) is 29.8 Å². The molecule has 5 nitrogen and oxygen atoms in total. The first kappa shape index (κ1) is 17.1. The number of benzene rings is 1. The summed E-state index contributed by atoms with van der Waals surface area (Å²) in [6.45, 7) is 0.231. The summed E-state index contributed by atoms with van der Waals surface area (Å²) in [6, 6.07) is 5.78. The fourth-order valence-electron chi connectivity index (χ4n) is 2.42. The van der Waals surface area contributed by atoms with Crippen LogP contribution in [0.2, 0.25) is 0 Å². The van der Waals surface area contributed by atoms with E-state index in [-0.39, 0.29) is 30.5 Å². The number of nitrogens with one attached hydrogen (secondary N) is 1. The number of carboxylic acids is 1. The zero-order chi connectivity index (χ0) is 17.0. The van der Waals surface area contributed by atoms with E-state index in [1.54, 1.807) is 6.07 Å². The van der Waals surface area contributed by atoms with Gasteiger partial charge in [0, 0.05) is 18.9 Å². The van der Waals surface area contributed by atoms with E-state index in [9.17, 15) is 22.8 Å². The van der Waals surface area contributed by atoms with E-state index in [4.69, 9.17) is 5.11 Å². The summed E-state index contributed by atoms with van der Waals surface area (Å²) >= 11 is 0. The fraction of sp³-hybridized carbons (Fsp3) is 0.467. The van der Waals surface area contributed by atoms with E-state index in [2.05, 4.69) is 10.1 Å². The second-order valence-corrected chi connectivity index (χ2v) is 5.32. The van der Waals surface area contributed by atoms with Crippen molar-refractivity contribution in [2.45, 2.75) is 31.5 Å². The van der Waals surface area contributed by atoms with Gasteiger partial charge in [0.15, 0.2) is 0 Å². The molecule has 0 bridgehead atoms. The van der Waals surface area contributed by atoms with Crippen LogP contribution >= 0.6 is 0 Å². The van der Waals surface area contributed by atoms with Gasteiger partial charge in [-0.1, -0.05) is 18.2 Å². The molecule has 1 aromatic carbocycles. The van der Waals surface area contributed by atoms with Crippen molar-refractivity contribution in [1.29, 1.82) is 0 Å². The van der Waals surface area contributed by atoms with Gasteiger partial charge < -0.3 is 15.2 Å². The average Bonchev–Trinajstić information content (AvgIpc) is 3.22. The molecule has 2 rings (SSSR count). The van der Waals surface area contributed by atoms with Crippen LogP contribution in [0.3, 0.4) is 0 Å². The second kappa shape index (κ2) is 6.89. The predicted octanol–water partition coefficient (Wildman–Crippen LogP) is 2.67. The molecule has 0 radical (unpaired) electrons. The van der Waals surface area contributed by atoms with E-state index in [1.165, 1.54) is 18.2 Å². The van der Waals surface area contributed by atoms with Gasteiger partial charge in [-0.3, -0.25) is 9.59 Å². The third-order valence-electron chi connectivity index (χ3n) is 3.54. The Morgan fingerprint density at radius 1 is 1.30 bits per heavy atom. The Morgan fingerprint density at radius 3 is 2.65 bits per heavy atom. The molecule has 1 aliphatic carbocycles. The van der Waals surface area contributed by atoms with Gasteiger partial charge in [-0.05, 0) is 30.4 Å². The van der Waals surface area contributed by atoms with Crippen LogP contribution in [0.5, 0.6) is 5.75 Å². The summed E-state index contributed by atoms with van der Waals surface area (Å²) < 4.78 is 41.1. The lowest BCUT2D eigenvalue weighted by Crippen LogP contribution is -2.26. The van der Waals surface area contributed by atoms with Crippen molar-refractivity contribution in [2.75, 3.05) is 6.54 Å². The zero-order valence-corrected chi connectivity index (χ0v) is 12.1. The molecular weight excluding hydrogens is 315 g/mol. The second-order valence-electron chi connectivity index (χ2n) is 5.32. The van der Waals surface area contributed by atoms with Crippen molar-refractivity contribution < 1.29 is 32.6 Å². The molecule has 2 N–H and O–H groups in total. The molecule has 0 saturated heterocycles. The molecule has 1 aliphatic rings. The first-order valence-corrected chi connectivity index (χ1v) is 7.12. The molecule has 1 saturated carbocycles. The highest BCUT2D eigenvalue weighted by Crippen LogP contribution is 2.50. The van der Waals surface area contributed by atoms with Crippen molar-refractivity contribution in [1.82, 2.24) is 5.32 Å². The molecule has 0 spiro atoms. The first-order chi connectivity index (χ1) is 10.8. The smallest absolute Gasteiger partial charge is 0.481 e. The molecule has 1 amide bonds. The Balaban J connectivity index is 1.90. The van der Waals surface area contributed by atoms with Crippen LogP contribution in [0.25, 0.3) is 0 Å². The highest BCUT2D eigenvalue weighted by molar-refractivity contribution is 5.83. The molecule has 0 heterocycles. The molecule has 2 atom stereocenters. The lowest BCUT2D eigenvalue weighted by Gasteiger charge is -2.13. The van der Waals surface area contributed by atoms with Crippen molar-refractivity contribution in [3.63, 3.8) is 0 Å². The Kier molecular flexibility index (Phi) is 5.12. The molecular formula is C15H16F3NO4. The molecule has 0 aliphatic heterocycles. The average molecular weight is 331 g/mol. The number of hydrogen-bond acceptors (Lipinski definition) is 3. The number of halogens is 3. The standard InChI is InChI=1S/C15H16F3NO4/c16-15(17,18)23-12-5-2-1-4-9(12)10-8-11(10)14(22)19-7-3-6-13(20)21/h1-2,4-5,10-11H,3,6-8H2,(H,19,22)(H,20,21). The maximum atomic E-state index is 12.4. The van der Waals surface area contributed by atoms with E-state index < -0.39 is 18.2 Å². The number of hydrogen-bond donors (Lipinski definition) is 2. The third kappa shape index (κ3) is 5.15. The number of carboxylic acid groups (broad SMARTS) is 1. The number of para-hydroxylation sites is 1. The third-order valence-corrected chi connectivity index (χ3v) is 3.54. The predicted molar refractivity (Wildman–Crippen MR) is 73.9 cm³/mol. The van der Waals surface area contributed by atoms with Gasteiger partial charge in [0.2, 0.25) is 5.91 Å². The van der Waals surface area contributed by atoms with E-state index in [0.717, 1.165) is 0 Å². The molecule has 126 valence electrons. The number of ether oxygens (including phenoxy) is 1. The number of amides is 1. The van der Waals surface area contributed by atoms with Gasteiger partial charge in [-0.2, -0.15) is 0 Å². The first-order valence-electron chi connectivity index (χ1n) is 7.12. The van der Waals surface area contributed by atoms with Crippen LogP contribution in [0.1, 0.15) is 30.7 Å². The highest BCUT2D eigenvalue weighted by atomic mass is 19.4. The Labute approximate surface area is 130 Å². The van der Waals surface area contributed by atoms with E-state index >= 15 is 0 Å². The Hall–Kier alpha value is -2.25. The van der Waals surface area contributed by atoms with Crippen LogP contribution in [0.4, 0.5) is 13.2 Å². The topological polar surface area (TPSA) is 75.6 Å². The maximum Gasteiger partial charge on any atom is 0.573 e. The lowest BCUT2D eigenvalue weighted by molar-refractivity contribution is -0.274. The monoisotopic (exact) mass is 331 g/mol. The van der Waals surface area contributed by atoms with E-state index in [0.29, 0.717) is 18.4 Å². The van der Waals surface area contributed by atoms with Gasteiger partial charge in [0.1, 0.15) is 5.75 Å². The molecule has 1 fully saturated rings. The minimum Gasteiger partial charge on any atom is -0.481 e. The maximum absolute atomic E-state index is 12.4. The van der Waals surface area contributed by atoms with Crippen LogP contribution < -0.4 is 10.1 Å². The zero-order valence-electron chi connectivity index (χ0n) is 12.1. The summed E-state index contributed by atoms with van der Waals surface area (Å²) in [4.78, 5) is 22.3. The van der Waals surface area contributed by atoms with Crippen LogP contribution in [0.15, 0.2) is 24.3 Å². The minimum absolute atomic E-state index is 0.0450. The normalized spacial score (nSPS) is 20.0. The SMILES string of the molecule is O=C(O)CCCNC(=O)C1CC1c1ccccc1OC(F)(F)F. The summed E-state index contributed by atoms with van der Waals surface area (Å²) in [5.74, 6) is -2.22. The van der Waals surface area contributed by atoms with Gasteiger partial charge in [0.05, 0.1) is 0 Å². The lowest BCUT2D eigenvalue weighted by atomic mass is 10.1. The molecule has 0 aromatic heterocycles. The molecule has 8 heteroatoms. The largest absolute Gasteiger partial charge is 0.573 e. The summed E-state index contributed by atoms with van der Waals surface area (Å²) in [5.41, 5.74) is 0.357. The van der Waals surface area contributed by atoms with Crippen molar-refractivity contribution in [2.24, 2.45) is 5.92 Å². The summed E-state index contributed by atoms with van der Waals surface area (Å²) in [6.07, 6.45) is -4.06. The summed E-state index contributed by atoms with van der Waals surface area (Å²) in [7, 11) is 0. The van der Waals surface area contributed by atoms with Gasteiger partial charge >= 0.3 is 12.3 Å². The fourth-order valence-corrected chi connectivity index (χ4v) is 2.42. The minimum atomic E-state index is -4.78. The summed E-state index contributed by atoms with van der Waals surface area (Å²) in [5, 5.41) is 11.1. The molecule has 23 heavy (non-hydrogen) atoms.